The number of nitrogens with zero attached hydrogens (tertiary/aromatic N) is 1. The van der Waals surface area contributed by atoms with Crippen LogP contribution in [0, 0.1) is 6.92 Å². The summed E-state index contributed by atoms with van der Waals surface area (Å²) in [6, 6.07) is 9.26. The molecule has 0 saturated heterocycles. The van der Waals surface area contributed by atoms with Gasteiger partial charge in [0.2, 0.25) is 0 Å². The number of halogens is 1. The van der Waals surface area contributed by atoms with Crippen LogP contribution in [-0.2, 0) is 0 Å². The van der Waals surface area contributed by atoms with Gasteiger partial charge in [-0.25, -0.2) is 9.78 Å². The zero-order valence-electron chi connectivity index (χ0n) is 10.6. The van der Waals surface area contributed by atoms with E-state index < -0.39 is 5.97 Å². The fourth-order valence-corrected chi connectivity index (χ4v) is 3.44. The number of carboxylic acids is 1. The first-order valence-electron chi connectivity index (χ1n) is 5.94. The second-order valence-electron chi connectivity index (χ2n) is 4.46. The van der Waals surface area contributed by atoms with Crippen molar-refractivity contribution in [3.05, 3.63) is 51.3 Å². The highest BCUT2D eigenvalue weighted by atomic mass is 79.9. The highest BCUT2D eigenvalue weighted by molar-refractivity contribution is 9.10. The fraction of sp³-hybridized carbons (Fsp3) is 0.0667. The summed E-state index contributed by atoms with van der Waals surface area (Å²) >= 11 is 4.95. The van der Waals surface area contributed by atoms with Crippen LogP contribution in [0.3, 0.4) is 0 Å². The van der Waals surface area contributed by atoms with Gasteiger partial charge in [0.15, 0.2) is 0 Å². The monoisotopic (exact) mass is 347 g/mol. The van der Waals surface area contributed by atoms with Crippen molar-refractivity contribution in [1.82, 2.24) is 4.98 Å². The molecule has 0 fully saturated rings. The maximum Gasteiger partial charge on any atom is 0.336 e. The van der Waals surface area contributed by atoms with Gasteiger partial charge in [0.05, 0.1) is 21.7 Å². The summed E-state index contributed by atoms with van der Waals surface area (Å²) in [4.78, 5) is 17.1. The standard InChI is InChI=1S/C15H10BrNO2S/c1-8-5-9(16)6-10-11(15(18)19)7-12(17-14(8)10)13-3-2-4-20-13/h2-7H,1H3,(H,18,19). The Bertz CT molecular complexity index is 812. The molecule has 0 amide bonds. The molecule has 0 aliphatic rings. The Hall–Kier alpha value is -1.72. The zero-order chi connectivity index (χ0) is 14.3. The molecule has 2 aromatic heterocycles. The number of pyridine rings is 1. The third-order valence-corrected chi connectivity index (χ3v) is 4.42. The second kappa shape index (κ2) is 5.00. The minimum Gasteiger partial charge on any atom is -0.478 e. The molecule has 0 aliphatic heterocycles. The Labute approximate surface area is 128 Å². The number of carbonyl (C=O) groups is 1. The summed E-state index contributed by atoms with van der Waals surface area (Å²) < 4.78 is 0.857. The third kappa shape index (κ3) is 2.23. The van der Waals surface area contributed by atoms with Gasteiger partial charge >= 0.3 is 5.97 Å². The first-order valence-corrected chi connectivity index (χ1v) is 7.61. The van der Waals surface area contributed by atoms with Gasteiger partial charge in [0.25, 0.3) is 0 Å². The van der Waals surface area contributed by atoms with Crippen LogP contribution in [0.2, 0.25) is 0 Å². The van der Waals surface area contributed by atoms with Crippen LogP contribution in [0.4, 0.5) is 0 Å². The quantitative estimate of drug-likeness (QED) is 0.728. The first kappa shape index (κ1) is 13.3. The lowest BCUT2D eigenvalue weighted by Gasteiger charge is -2.08. The molecule has 0 atom stereocenters. The lowest BCUT2D eigenvalue weighted by molar-refractivity contribution is 0.0699. The largest absolute Gasteiger partial charge is 0.478 e. The molecule has 0 unspecified atom stereocenters. The average molecular weight is 348 g/mol. The SMILES string of the molecule is Cc1cc(Br)cc2c(C(=O)O)cc(-c3cccs3)nc12. The van der Waals surface area contributed by atoms with Crippen molar-refractivity contribution in [1.29, 1.82) is 0 Å². The number of benzene rings is 1. The smallest absolute Gasteiger partial charge is 0.336 e. The minimum atomic E-state index is -0.937. The van der Waals surface area contributed by atoms with Crippen LogP contribution in [-0.4, -0.2) is 16.1 Å². The zero-order valence-corrected chi connectivity index (χ0v) is 13.0. The van der Waals surface area contributed by atoms with Gasteiger partial charge in [-0.1, -0.05) is 22.0 Å². The predicted molar refractivity (Wildman–Crippen MR) is 84.5 cm³/mol. The summed E-state index contributed by atoms with van der Waals surface area (Å²) in [5.41, 5.74) is 2.67. The molecule has 0 spiro atoms. The number of fused-ring (bicyclic) bond motifs is 1. The van der Waals surface area contributed by atoms with Crippen LogP contribution < -0.4 is 0 Å². The molecule has 1 N–H and O–H groups in total. The molecule has 20 heavy (non-hydrogen) atoms. The Kier molecular flexibility index (Phi) is 3.31. The van der Waals surface area contributed by atoms with E-state index in [1.807, 2.05) is 30.5 Å². The summed E-state index contributed by atoms with van der Waals surface area (Å²) in [6.07, 6.45) is 0. The molecule has 1 aromatic carbocycles. The van der Waals surface area contributed by atoms with Gasteiger partial charge in [-0.05, 0) is 42.1 Å². The van der Waals surface area contributed by atoms with E-state index in [-0.39, 0.29) is 5.56 Å². The van der Waals surface area contributed by atoms with Crippen molar-refractivity contribution < 1.29 is 9.90 Å². The number of thiophene rings is 1. The lowest BCUT2D eigenvalue weighted by atomic mass is 10.0. The maximum atomic E-state index is 11.5. The number of rotatable bonds is 2. The van der Waals surface area contributed by atoms with E-state index in [0.29, 0.717) is 11.1 Å². The number of carboxylic acid groups (broad SMARTS) is 1. The topological polar surface area (TPSA) is 50.2 Å². The molecule has 0 radical (unpaired) electrons. The van der Waals surface area contributed by atoms with Crippen LogP contribution in [0.5, 0.6) is 0 Å². The molecule has 0 saturated carbocycles. The molecule has 3 rings (SSSR count). The van der Waals surface area contributed by atoms with E-state index >= 15 is 0 Å². The van der Waals surface area contributed by atoms with E-state index in [4.69, 9.17) is 0 Å². The third-order valence-electron chi connectivity index (χ3n) is 3.07. The molecular weight excluding hydrogens is 338 g/mol. The molecule has 0 aliphatic carbocycles. The molecule has 5 heteroatoms. The van der Waals surface area contributed by atoms with Crippen molar-refractivity contribution in [2.75, 3.05) is 0 Å². The van der Waals surface area contributed by atoms with Crippen molar-refractivity contribution in [3.8, 4) is 10.6 Å². The minimum absolute atomic E-state index is 0.280. The van der Waals surface area contributed by atoms with E-state index in [1.165, 1.54) is 0 Å². The van der Waals surface area contributed by atoms with E-state index in [1.54, 1.807) is 23.5 Å². The van der Waals surface area contributed by atoms with E-state index in [0.717, 1.165) is 20.4 Å². The predicted octanol–water partition coefficient (Wildman–Crippen LogP) is 4.73. The van der Waals surface area contributed by atoms with Crippen LogP contribution in [0.15, 0.2) is 40.2 Å². The number of hydrogen-bond donors (Lipinski definition) is 1. The van der Waals surface area contributed by atoms with Crippen LogP contribution in [0.1, 0.15) is 15.9 Å². The van der Waals surface area contributed by atoms with Crippen molar-refractivity contribution >= 4 is 44.1 Å². The number of aromatic carboxylic acids is 1. The molecule has 3 nitrogen and oxygen atoms in total. The Morgan fingerprint density at radius 3 is 2.80 bits per heavy atom. The summed E-state index contributed by atoms with van der Waals surface area (Å²) in [5.74, 6) is -0.937. The van der Waals surface area contributed by atoms with Crippen molar-refractivity contribution in [2.45, 2.75) is 6.92 Å². The Morgan fingerprint density at radius 1 is 1.35 bits per heavy atom. The van der Waals surface area contributed by atoms with Crippen LogP contribution >= 0.6 is 27.3 Å². The van der Waals surface area contributed by atoms with Crippen molar-refractivity contribution in [3.63, 3.8) is 0 Å². The van der Waals surface area contributed by atoms with E-state index in [2.05, 4.69) is 20.9 Å². The van der Waals surface area contributed by atoms with Gasteiger partial charge in [-0.2, -0.15) is 0 Å². The highest BCUT2D eigenvalue weighted by Crippen LogP contribution is 2.31. The molecule has 100 valence electrons. The average Bonchev–Trinajstić information content (AvgIpc) is 2.91. The van der Waals surface area contributed by atoms with Gasteiger partial charge in [-0.3, -0.25) is 0 Å². The second-order valence-corrected chi connectivity index (χ2v) is 6.32. The number of hydrogen-bond acceptors (Lipinski definition) is 3. The van der Waals surface area contributed by atoms with Crippen molar-refractivity contribution in [2.24, 2.45) is 0 Å². The molecule has 3 aromatic rings. The summed E-state index contributed by atoms with van der Waals surface area (Å²) in [5, 5.41) is 12.1. The first-order chi connectivity index (χ1) is 9.56. The lowest BCUT2D eigenvalue weighted by Crippen LogP contribution is -2.01. The number of aryl methyl sites for hydroxylation is 1. The number of aromatic nitrogens is 1. The Morgan fingerprint density at radius 2 is 2.15 bits per heavy atom. The molecule has 0 bridgehead atoms. The normalized spacial score (nSPS) is 10.9. The van der Waals surface area contributed by atoms with Gasteiger partial charge in [-0.15, -0.1) is 11.3 Å². The summed E-state index contributed by atoms with van der Waals surface area (Å²) in [6.45, 7) is 1.93. The highest BCUT2D eigenvalue weighted by Gasteiger charge is 2.15. The fourth-order valence-electron chi connectivity index (χ4n) is 2.18. The van der Waals surface area contributed by atoms with E-state index in [9.17, 15) is 9.90 Å². The maximum absolute atomic E-state index is 11.5. The molecule has 2 heterocycles. The Balaban J connectivity index is 2.40. The summed E-state index contributed by atoms with van der Waals surface area (Å²) in [7, 11) is 0. The van der Waals surface area contributed by atoms with Gasteiger partial charge in [0.1, 0.15) is 0 Å². The van der Waals surface area contributed by atoms with Crippen LogP contribution in [0.25, 0.3) is 21.5 Å². The van der Waals surface area contributed by atoms with Gasteiger partial charge < -0.3 is 5.11 Å². The molecular formula is C15H10BrNO2S. The van der Waals surface area contributed by atoms with Gasteiger partial charge in [0, 0.05) is 9.86 Å².